The van der Waals surface area contributed by atoms with Gasteiger partial charge in [0.05, 0.1) is 7.11 Å². The van der Waals surface area contributed by atoms with Crippen LogP contribution in [0.25, 0.3) is 0 Å². The van der Waals surface area contributed by atoms with Crippen LogP contribution in [0.2, 0.25) is 0 Å². The maximum absolute atomic E-state index is 12.5. The van der Waals surface area contributed by atoms with Gasteiger partial charge in [-0.15, -0.1) is 0 Å². The van der Waals surface area contributed by atoms with Gasteiger partial charge in [0.25, 0.3) is 0 Å². The number of alkyl carbamates (subject to hydrolysis) is 1. The number of ether oxygens (including phenoxy) is 2. The number of benzene rings is 2. The van der Waals surface area contributed by atoms with Crippen LogP contribution in [0.15, 0.2) is 54.6 Å². The molecule has 2 aromatic rings. The lowest BCUT2D eigenvalue weighted by Crippen LogP contribution is -2.44. The van der Waals surface area contributed by atoms with E-state index in [9.17, 15) is 9.59 Å². The number of anilines is 1. The lowest BCUT2D eigenvalue weighted by atomic mass is 10.0. The Morgan fingerprint density at radius 1 is 0.962 bits per heavy atom. The molecule has 2 rings (SSSR count). The van der Waals surface area contributed by atoms with Gasteiger partial charge in [-0.2, -0.15) is 0 Å². The SMILES string of the molecule is COC(=O)NC(CC(C)C)C(=O)Nc1ccc(Oc2ccccc2)cc1. The second-order valence-electron chi connectivity index (χ2n) is 6.25. The predicted molar refractivity (Wildman–Crippen MR) is 100 cm³/mol. The van der Waals surface area contributed by atoms with Crippen LogP contribution in [-0.4, -0.2) is 25.2 Å². The Bertz CT molecular complexity index is 714. The van der Waals surface area contributed by atoms with Gasteiger partial charge in [0.2, 0.25) is 5.91 Å². The van der Waals surface area contributed by atoms with Crippen molar-refractivity contribution in [1.29, 1.82) is 0 Å². The van der Waals surface area contributed by atoms with Crippen molar-refractivity contribution >= 4 is 17.7 Å². The maximum atomic E-state index is 12.5. The molecule has 2 N–H and O–H groups in total. The molecule has 0 aliphatic carbocycles. The summed E-state index contributed by atoms with van der Waals surface area (Å²) in [6.07, 6.45) is -0.117. The Morgan fingerprint density at radius 2 is 1.58 bits per heavy atom. The zero-order valence-electron chi connectivity index (χ0n) is 15.2. The van der Waals surface area contributed by atoms with Crippen molar-refractivity contribution in [2.75, 3.05) is 12.4 Å². The van der Waals surface area contributed by atoms with Crippen LogP contribution in [0.5, 0.6) is 11.5 Å². The van der Waals surface area contributed by atoms with Gasteiger partial charge in [-0.3, -0.25) is 4.79 Å². The van der Waals surface area contributed by atoms with E-state index in [1.807, 2.05) is 44.2 Å². The van der Waals surface area contributed by atoms with Gasteiger partial charge in [-0.1, -0.05) is 32.0 Å². The third kappa shape index (κ3) is 6.12. The summed E-state index contributed by atoms with van der Waals surface area (Å²) in [7, 11) is 1.27. The number of para-hydroxylation sites is 1. The number of nitrogens with one attached hydrogen (secondary N) is 2. The predicted octanol–water partition coefficient (Wildman–Crippen LogP) is 4.19. The number of methoxy groups -OCH3 is 1. The number of hydrogen-bond acceptors (Lipinski definition) is 4. The monoisotopic (exact) mass is 356 g/mol. The van der Waals surface area contributed by atoms with E-state index in [-0.39, 0.29) is 11.8 Å². The molecule has 6 nitrogen and oxygen atoms in total. The number of rotatable bonds is 7. The third-order valence-corrected chi connectivity index (χ3v) is 3.60. The molecule has 2 aromatic carbocycles. The first-order chi connectivity index (χ1) is 12.5. The van der Waals surface area contributed by atoms with Crippen LogP contribution in [0, 0.1) is 5.92 Å². The quantitative estimate of drug-likeness (QED) is 0.780. The summed E-state index contributed by atoms with van der Waals surface area (Å²) in [5, 5.41) is 5.37. The minimum atomic E-state index is -0.664. The van der Waals surface area contributed by atoms with Gasteiger partial charge in [0.15, 0.2) is 0 Å². The van der Waals surface area contributed by atoms with Crippen LogP contribution in [-0.2, 0) is 9.53 Å². The number of hydrogen-bond donors (Lipinski definition) is 2. The van der Waals surface area contributed by atoms with Crippen molar-refractivity contribution in [1.82, 2.24) is 5.32 Å². The molecule has 0 bridgehead atoms. The first-order valence-electron chi connectivity index (χ1n) is 8.46. The van der Waals surface area contributed by atoms with E-state index >= 15 is 0 Å². The van der Waals surface area contributed by atoms with E-state index in [4.69, 9.17) is 4.74 Å². The van der Waals surface area contributed by atoms with Crippen LogP contribution in [0.3, 0.4) is 0 Å². The van der Waals surface area contributed by atoms with E-state index in [0.29, 0.717) is 17.9 Å². The summed E-state index contributed by atoms with van der Waals surface area (Å²) >= 11 is 0. The fraction of sp³-hybridized carbons (Fsp3) is 0.300. The van der Waals surface area contributed by atoms with E-state index in [1.54, 1.807) is 24.3 Å². The third-order valence-electron chi connectivity index (χ3n) is 3.60. The van der Waals surface area contributed by atoms with E-state index in [0.717, 1.165) is 5.75 Å². The molecule has 0 spiro atoms. The zero-order valence-corrected chi connectivity index (χ0v) is 15.2. The Morgan fingerprint density at radius 3 is 2.15 bits per heavy atom. The summed E-state index contributed by atoms with van der Waals surface area (Å²) in [5.74, 6) is 1.36. The van der Waals surface area contributed by atoms with Crippen LogP contribution < -0.4 is 15.4 Å². The first kappa shape index (κ1) is 19.3. The lowest BCUT2D eigenvalue weighted by molar-refractivity contribution is -0.118. The molecule has 0 aromatic heterocycles. The van der Waals surface area contributed by atoms with Gasteiger partial charge in [0, 0.05) is 5.69 Å². The molecule has 0 heterocycles. The highest BCUT2D eigenvalue weighted by atomic mass is 16.5. The second kappa shape index (κ2) is 9.46. The average Bonchev–Trinajstić information content (AvgIpc) is 2.63. The largest absolute Gasteiger partial charge is 0.457 e. The lowest BCUT2D eigenvalue weighted by Gasteiger charge is -2.19. The minimum absolute atomic E-state index is 0.240. The summed E-state index contributed by atoms with van der Waals surface area (Å²) in [4.78, 5) is 23.9. The first-order valence-corrected chi connectivity index (χ1v) is 8.46. The molecule has 0 aliphatic heterocycles. The molecule has 0 saturated heterocycles. The van der Waals surface area contributed by atoms with Crippen LogP contribution >= 0.6 is 0 Å². The molecule has 0 aliphatic rings. The van der Waals surface area contributed by atoms with E-state index in [1.165, 1.54) is 7.11 Å². The Balaban J connectivity index is 1.99. The molecule has 138 valence electrons. The highest BCUT2D eigenvalue weighted by Gasteiger charge is 2.22. The van der Waals surface area contributed by atoms with Gasteiger partial charge < -0.3 is 20.1 Å². The normalized spacial score (nSPS) is 11.5. The topological polar surface area (TPSA) is 76.7 Å². The maximum Gasteiger partial charge on any atom is 0.407 e. The standard InChI is InChI=1S/C20H24N2O4/c1-14(2)13-18(22-20(24)25-3)19(23)21-15-9-11-17(12-10-15)26-16-7-5-4-6-8-16/h4-12,14,18H,13H2,1-3H3,(H,21,23)(H,22,24). The van der Waals surface area contributed by atoms with Crippen molar-refractivity contribution in [3.05, 3.63) is 54.6 Å². The van der Waals surface area contributed by atoms with Gasteiger partial charge in [-0.25, -0.2) is 4.79 Å². The number of carbonyl (C=O) groups is 2. The Labute approximate surface area is 153 Å². The fourth-order valence-corrected chi connectivity index (χ4v) is 2.36. The minimum Gasteiger partial charge on any atom is -0.457 e. The Kier molecular flexibility index (Phi) is 7.02. The molecule has 0 saturated carbocycles. The van der Waals surface area contributed by atoms with Crippen LogP contribution in [0.4, 0.5) is 10.5 Å². The summed E-state index contributed by atoms with van der Waals surface area (Å²) in [6, 6.07) is 15.8. The van der Waals surface area contributed by atoms with Gasteiger partial charge in [0.1, 0.15) is 17.5 Å². The van der Waals surface area contributed by atoms with Crippen molar-refractivity contribution < 1.29 is 19.1 Å². The highest BCUT2D eigenvalue weighted by molar-refractivity contribution is 5.96. The summed E-state index contributed by atoms with van der Waals surface area (Å²) < 4.78 is 10.3. The van der Waals surface area contributed by atoms with Crippen molar-refractivity contribution in [2.45, 2.75) is 26.3 Å². The summed E-state index contributed by atoms with van der Waals surface area (Å²) in [6.45, 7) is 3.96. The van der Waals surface area contributed by atoms with Crippen molar-refractivity contribution in [2.24, 2.45) is 5.92 Å². The van der Waals surface area contributed by atoms with Gasteiger partial charge >= 0.3 is 6.09 Å². The smallest absolute Gasteiger partial charge is 0.407 e. The van der Waals surface area contributed by atoms with Crippen molar-refractivity contribution in [3.63, 3.8) is 0 Å². The molecule has 6 heteroatoms. The number of amides is 2. The van der Waals surface area contributed by atoms with E-state index in [2.05, 4.69) is 15.4 Å². The summed E-state index contributed by atoms with van der Waals surface area (Å²) in [5.41, 5.74) is 0.621. The van der Waals surface area contributed by atoms with Crippen molar-refractivity contribution in [3.8, 4) is 11.5 Å². The van der Waals surface area contributed by atoms with Crippen LogP contribution in [0.1, 0.15) is 20.3 Å². The molecule has 0 fully saturated rings. The molecule has 1 atom stereocenters. The molecular formula is C20H24N2O4. The number of carbonyl (C=O) groups excluding carboxylic acids is 2. The van der Waals surface area contributed by atoms with Gasteiger partial charge in [-0.05, 0) is 48.7 Å². The molecule has 0 radical (unpaired) electrons. The fourth-order valence-electron chi connectivity index (χ4n) is 2.36. The molecule has 1 unspecified atom stereocenters. The molecule has 26 heavy (non-hydrogen) atoms. The highest BCUT2D eigenvalue weighted by Crippen LogP contribution is 2.22. The Hall–Kier alpha value is -3.02. The zero-order chi connectivity index (χ0) is 18.9. The molecular weight excluding hydrogens is 332 g/mol. The van der Waals surface area contributed by atoms with E-state index < -0.39 is 12.1 Å². The second-order valence-corrected chi connectivity index (χ2v) is 6.25. The molecule has 2 amide bonds. The average molecular weight is 356 g/mol.